The first-order valence-electron chi connectivity index (χ1n) is 5.25. The van der Waals surface area contributed by atoms with Crippen LogP contribution in [0.25, 0.3) is 0 Å². The number of hydrogen-bond acceptors (Lipinski definition) is 3. The second-order valence-corrected chi connectivity index (χ2v) is 3.70. The van der Waals surface area contributed by atoms with Gasteiger partial charge in [-0.25, -0.2) is 18.5 Å². The van der Waals surface area contributed by atoms with E-state index < -0.39 is 17.7 Å². The molecule has 0 radical (unpaired) electrons. The third kappa shape index (κ3) is 2.83. The molecule has 1 saturated heterocycles. The maximum Gasteiger partial charge on any atom is 0.452 e. The maximum absolute atomic E-state index is 12.8. The number of nitrogens with zero attached hydrogens (tertiary/aromatic N) is 1. The van der Waals surface area contributed by atoms with Crippen LogP contribution in [0.5, 0.6) is 5.75 Å². The molecule has 6 heteroatoms. The third-order valence-electron chi connectivity index (χ3n) is 2.46. The van der Waals surface area contributed by atoms with Gasteiger partial charge in [0.05, 0.1) is 0 Å². The van der Waals surface area contributed by atoms with Crippen molar-refractivity contribution in [3.05, 3.63) is 29.8 Å². The molecule has 0 atom stereocenters. The number of benzene rings is 1. The van der Waals surface area contributed by atoms with Crippen molar-refractivity contribution in [2.75, 3.05) is 13.1 Å². The second-order valence-electron chi connectivity index (χ2n) is 3.70. The van der Waals surface area contributed by atoms with Gasteiger partial charge in [-0.1, -0.05) is 0 Å². The van der Waals surface area contributed by atoms with Crippen molar-refractivity contribution >= 4 is 6.09 Å². The fourth-order valence-electron chi connectivity index (χ4n) is 1.56. The Balaban J connectivity index is 1.88. The van der Waals surface area contributed by atoms with Crippen LogP contribution in [0.2, 0.25) is 0 Å². The molecule has 2 rings (SSSR count). The van der Waals surface area contributed by atoms with Crippen LogP contribution >= 0.6 is 0 Å². The summed E-state index contributed by atoms with van der Waals surface area (Å²) in [7, 11) is 0. The first-order chi connectivity index (χ1) is 8.16. The lowest BCUT2D eigenvalue weighted by Gasteiger charge is -2.13. The highest BCUT2D eigenvalue weighted by atomic mass is 19.2. The largest absolute Gasteiger partial charge is 0.452 e. The zero-order valence-corrected chi connectivity index (χ0v) is 8.99. The van der Waals surface area contributed by atoms with E-state index in [2.05, 4.69) is 9.78 Å². The average Bonchev–Trinajstić information content (AvgIpc) is 2.84. The van der Waals surface area contributed by atoms with Crippen molar-refractivity contribution in [1.29, 1.82) is 0 Å². The monoisotopic (exact) mass is 243 g/mol. The van der Waals surface area contributed by atoms with Gasteiger partial charge in [0.2, 0.25) is 0 Å². The van der Waals surface area contributed by atoms with Crippen molar-refractivity contribution in [3.63, 3.8) is 0 Å². The van der Waals surface area contributed by atoms with Gasteiger partial charge in [-0.05, 0) is 25.0 Å². The molecular formula is C11H11F2NO3. The molecule has 1 fully saturated rings. The summed E-state index contributed by atoms with van der Waals surface area (Å²) in [6, 6.07) is 2.89. The minimum absolute atomic E-state index is 0.0588. The fourth-order valence-corrected chi connectivity index (χ4v) is 1.56. The van der Waals surface area contributed by atoms with Crippen molar-refractivity contribution in [2.45, 2.75) is 12.8 Å². The molecule has 0 unspecified atom stereocenters. The fraction of sp³-hybridized carbons (Fsp3) is 0.364. The number of rotatable bonds is 2. The standard InChI is InChI=1S/C11H11F2NO3/c12-9-4-3-8(7-10(9)13)16-17-11(15)14-5-1-2-6-14/h3-4,7H,1-2,5-6H2. The minimum Gasteiger partial charge on any atom is -0.305 e. The van der Waals surface area contributed by atoms with Crippen molar-refractivity contribution < 1.29 is 23.4 Å². The highest BCUT2D eigenvalue weighted by Gasteiger charge is 2.20. The van der Waals surface area contributed by atoms with Gasteiger partial charge in [0, 0.05) is 19.2 Å². The van der Waals surface area contributed by atoms with Crippen LogP contribution in [-0.4, -0.2) is 24.1 Å². The quantitative estimate of drug-likeness (QED) is 0.591. The molecule has 1 heterocycles. The van der Waals surface area contributed by atoms with Crippen LogP contribution in [0.1, 0.15) is 12.8 Å². The summed E-state index contributed by atoms with van der Waals surface area (Å²) in [5.74, 6) is -2.10. The minimum atomic E-state index is -1.06. The van der Waals surface area contributed by atoms with E-state index in [1.54, 1.807) is 0 Å². The molecule has 1 aromatic rings. The highest BCUT2D eigenvalue weighted by Crippen LogP contribution is 2.16. The van der Waals surface area contributed by atoms with Gasteiger partial charge in [0.1, 0.15) is 0 Å². The average molecular weight is 243 g/mol. The summed E-state index contributed by atoms with van der Waals surface area (Å²) in [6.07, 6.45) is 1.24. The molecule has 0 aromatic heterocycles. The van der Waals surface area contributed by atoms with E-state index in [4.69, 9.17) is 0 Å². The lowest BCUT2D eigenvalue weighted by atomic mass is 10.3. The Morgan fingerprint density at radius 3 is 2.53 bits per heavy atom. The molecule has 92 valence electrons. The number of likely N-dealkylation sites (tertiary alicyclic amines) is 1. The zero-order chi connectivity index (χ0) is 12.3. The van der Waals surface area contributed by atoms with Gasteiger partial charge < -0.3 is 4.90 Å². The van der Waals surface area contributed by atoms with Gasteiger partial charge in [0.15, 0.2) is 17.4 Å². The Hall–Kier alpha value is -1.85. The summed E-state index contributed by atoms with van der Waals surface area (Å²) in [5, 5.41) is 0. The van der Waals surface area contributed by atoms with E-state index in [1.165, 1.54) is 11.0 Å². The molecule has 0 aliphatic carbocycles. The lowest BCUT2D eigenvalue weighted by Crippen LogP contribution is -2.29. The van der Waals surface area contributed by atoms with Crippen LogP contribution in [0.15, 0.2) is 18.2 Å². The Bertz CT molecular complexity index is 419. The van der Waals surface area contributed by atoms with Gasteiger partial charge >= 0.3 is 6.09 Å². The second kappa shape index (κ2) is 4.99. The summed E-state index contributed by atoms with van der Waals surface area (Å²) in [5.41, 5.74) is 0. The van der Waals surface area contributed by atoms with E-state index >= 15 is 0 Å². The number of carbonyl (C=O) groups excluding carboxylic acids is 1. The Morgan fingerprint density at radius 1 is 1.18 bits per heavy atom. The van der Waals surface area contributed by atoms with E-state index in [0.717, 1.165) is 25.0 Å². The number of carbonyl (C=O) groups is 1. The molecule has 1 aliphatic heterocycles. The predicted octanol–water partition coefficient (Wildman–Crippen LogP) is 2.49. The van der Waals surface area contributed by atoms with Crippen LogP contribution < -0.4 is 4.89 Å². The summed E-state index contributed by atoms with van der Waals surface area (Å²) >= 11 is 0. The molecule has 17 heavy (non-hydrogen) atoms. The lowest BCUT2D eigenvalue weighted by molar-refractivity contribution is -0.152. The van der Waals surface area contributed by atoms with Gasteiger partial charge in [-0.15, -0.1) is 0 Å². The SMILES string of the molecule is O=C(OOc1ccc(F)c(F)c1)N1CCCC1. The maximum atomic E-state index is 12.8. The molecule has 1 aliphatic rings. The van der Waals surface area contributed by atoms with E-state index in [1.807, 2.05) is 0 Å². The summed E-state index contributed by atoms with van der Waals surface area (Å²) in [6.45, 7) is 1.25. The van der Waals surface area contributed by atoms with Crippen LogP contribution in [0.3, 0.4) is 0 Å². The van der Waals surface area contributed by atoms with Gasteiger partial charge in [0.25, 0.3) is 0 Å². The molecule has 0 bridgehead atoms. The molecule has 0 spiro atoms. The molecule has 1 amide bonds. The Morgan fingerprint density at radius 2 is 1.88 bits per heavy atom. The first kappa shape index (κ1) is 11.6. The smallest absolute Gasteiger partial charge is 0.305 e. The topological polar surface area (TPSA) is 38.8 Å². The van der Waals surface area contributed by atoms with E-state index in [0.29, 0.717) is 13.1 Å². The molecule has 0 saturated carbocycles. The van der Waals surface area contributed by atoms with Crippen LogP contribution in [0.4, 0.5) is 13.6 Å². The van der Waals surface area contributed by atoms with Gasteiger partial charge in [-0.3, -0.25) is 4.89 Å². The number of halogens is 2. The molecule has 1 aromatic carbocycles. The number of amides is 1. The molecule has 0 N–H and O–H groups in total. The van der Waals surface area contributed by atoms with Crippen molar-refractivity contribution in [3.8, 4) is 5.75 Å². The Kier molecular flexibility index (Phi) is 3.41. The van der Waals surface area contributed by atoms with E-state index in [-0.39, 0.29) is 5.75 Å². The molecular weight excluding hydrogens is 232 g/mol. The summed E-state index contributed by atoms with van der Waals surface area (Å²) < 4.78 is 25.4. The highest BCUT2D eigenvalue weighted by molar-refractivity contribution is 5.67. The van der Waals surface area contributed by atoms with Crippen molar-refractivity contribution in [1.82, 2.24) is 4.90 Å². The zero-order valence-electron chi connectivity index (χ0n) is 8.99. The van der Waals surface area contributed by atoms with Gasteiger partial charge in [-0.2, -0.15) is 0 Å². The van der Waals surface area contributed by atoms with Crippen LogP contribution in [-0.2, 0) is 4.89 Å². The van der Waals surface area contributed by atoms with E-state index in [9.17, 15) is 13.6 Å². The summed E-state index contributed by atoms with van der Waals surface area (Å²) in [4.78, 5) is 22.0. The predicted molar refractivity (Wildman–Crippen MR) is 54.3 cm³/mol. The first-order valence-corrected chi connectivity index (χ1v) is 5.25. The van der Waals surface area contributed by atoms with Crippen LogP contribution in [0, 0.1) is 11.6 Å². The number of hydrogen-bond donors (Lipinski definition) is 0. The normalized spacial score (nSPS) is 14.8. The third-order valence-corrected chi connectivity index (χ3v) is 2.46. The Labute approximate surface area is 96.7 Å². The van der Waals surface area contributed by atoms with Crippen molar-refractivity contribution in [2.24, 2.45) is 0 Å². The molecule has 4 nitrogen and oxygen atoms in total.